The van der Waals surface area contributed by atoms with Crippen molar-refractivity contribution in [3.05, 3.63) is 0 Å². The minimum absolute atomic E-state index is 0.226. The van der Waals surface area contributed by atoms with Crippen LogP contribution in [0.1, 0.15) is 39.5 Å². The van der Waals surface area contributed by atoms with Crippen molar-refractivity contribution < 1.29 is 4.79 Å². The van der Waals surface area contributed by atoms with Gasteiger partial charge in [0.2, 0.25) is 5.91 Å². The van der Waals surface area contributed by atoms with Crippen molar-refractivity contribution in [2.75, 3.05) is 20.1 Å². The van der Waals surface area contributed by atoms with Gasteiger partial charge in [0.25, 0.3) is 0 Å². The second-order valence-electron chi connectivity index (χ2n) is 4.55. The molecule has 0 radical (unpaired) electrons. The third kappa shape index (κ3) is 4.20. The maximum absolute atomic E-state index is 11.8. The molecule has 1 saturated carbocycles. The summed E-state index contributed by atoms with van der Waals surface area (Å²) in [6.07, 6.45) is 4.76. The van der Waals surface area contributed by atoms with E-state index in [0.29, 0.717) is 12.6 Å². The van der Waals surface area contributed by atoms with Crippen LogP contribution in [-0.4, -0.2) is 37.0 Å². The summed E-state index contributed by atoms with van der Waals surface area (Å²) in [6.45, 7) is 5.79. The van der Waals surface area contributed by atoms with Crippen molar-refractivity contribution in [3.63, 3.8) is 0 Å². The lowest BCUT2D eigenvalue weighted by Gasteiger charge is -2.26. The van der Waals surface area contributed by atoms with Crippen molar-refractivity contribution in [1.82, 2.24) is 10.2 Å². The van der Waals surface area contributed by atoms with Gasteiger partial charge in [0.1, 0.15) is 0 Å². The van der Waals surface area contributed by atoms with E-state index in [-0.39, 0.29) is 5.91 Å². The Balaban J connectivity index is 2.18. The van der Waals surface area contributed by atoms with Crippen LogP contribution in [0.25, 0.3) is 0 Å². The van der Waals surface area contributed by atoms with Gasteiger partial charge in [0.15, 0.2) is 0 Å². The summed E-state index contributed by atoms with van der Waals surface area (Å²) in [4.78, 5) is 13.7. The summed E-state index contributed by atoms with van der Waals surface area (Å²) < 4.78 is 0. The van der Waals surface area contributed by atoms with Crippen LogP contribution in [0.15, 0.2) is 0 Å². The molecular formula is C12H24N2O. The first kappa shape index (κ1) is 12.5. The summed E-state index contributed by atoms with van der Waals surface area (Å²) >= 11 is 0. The highest BCUT2D eigenvalue weighted by Gasteiger charge is 2.21. The molecule has 15 heavy (non-hydrogen) atoms. The molecule has 0 spiro atoms. The van der Waals surface area contributed by atoms with Crippen molar-refractivity contribution in [2.24, 2.45) is 5.92 Å². The summed E-state index contributed by atoms with van der Waals surface area (Å²) in [6, 6.07) is 0.403. The Kier molecular flexibility index (Phi) is 5.09. The van der Waals surface area contributed by atoms with Gasteiger partial charge in [-0.25, -0.2) is 0 Å². The van der Waals surface area contributed by atoms with E-state index in [4.69, 9.17) is 0 Å². The molecule has 1 amide bonds. The molecule has 0 aromatic carbocycles. The van der Waals surface area contributed by atoms with Gasteiger partial charge in [0.05, 0.1) is 6.54 Å². The Morgan fingerprint density at radius 2 is 2.00 bits per heavy atom. The van der Waals surface area contributed by atoms with E-state index in [2.05, 4.69) is 19.2 Å². The van der Waals surface area contributed by atoms with Gasteiger partial charge in [0, 0.05) is 13.1 Å². The van der Waals surface area contributed by atoms with Gasteiger partial charge in [-0.1, -0.05) is 13.8 Å². The first-order valence-electron chi connectivity index (χ1n) is 6.15. The van der Waals surface area contributed by atoms with Crippen molar-refractivity contribution >= 4 is 5.91 Å². The number of carbonyl (C=O) groups is 1. The maximum atomic E-state index is 11.8. The standard InChI is InChI=1S/C12H24N2O/c1-4-11(5-2)14(3)12(15)9-13-8-10-6-7-10/h10-11,13H,4-9H2,1-3H3. The highest BCUT2D eigenvalue weighted by molar-refractivity contribution is 5.78. The summed E-state index contributed by atoms with van der Waals surface area (Å²) in [5.41, 5.74) is 0. The maximum Gasteiger partial charge on any atom is 0.236 e. The highest BCUT2D eigenvalue weighted by Crippen LogP contribution is 2.27. The average molecular weight is 212 g/mol. The molecule has 0 atom stereocenters. The summed E-state index contributed by atoms with van der Waals surface area (Å²) in [5.74, 6) is 1.07. The van der Waals surface area contributed by atoms with Crippen LogP contribution in [0.4, 0.5) is 0 Å². The predicted molar refractivity (Wildman–Crippen MR) is 62.7 cm³/mol. The second kappa shape index (κ2) is 6.11. The highest BCUT2D eigenvalue weighted by atomic mass is 16.2. The lowest BCUT2D eigenvalue weighted by Crippen LogP contribution is -2.41. The number of hydrogen-bond acceptors (Lipinski definition) is 2. The molecule has 1 N–H and O–H groups in total. The van der Waals surface area contributed by atoms with Crippen molar-refractivity contribution in [3.8, 4) is 0 Å². The van der Waals surface area contributed by atoms with Crippen LogP contribution in [0, 0.1) is 5.92 Å². The van der Waals surface area contributed by atoms with Crippen LogP contribution >= 0.6 is 0 Å². The van der Waals surface area contributed by atoms with E-state index < -0.39 is 0 Å². The number of carbonyl (C=O) groups excluding carboxylic acids is 1. The van der Waals surface area contributed by atoms with Crippen LogP contribution in [-0.2, 0) is 4.79 Å². The van der Waals surface area contributed by atoms with Gasteiger partial charge in [-0.3, -0.25) is 4.79 Å². The van der Waals surface area contributed by atoms with E-state index in [9.17, 15) is 4.79 Å². The predicted octanol–water partition coefficient (Wildman–Crippen LogP) is 1.63. The molecular weight excluding hydrogens is 188 g/mol. The molecule has 1 rings (SSSR count). The molecule has 0 unspecified atom stereocenters. The van der Waals surface area contributed by atoms with Crippen LogP contribution in [0.2, 0.25) is 0 Å². The molecule has 3 heteroatoms. The molecule has 0 bridgehead atoms. The van der Waals surface area contributed by atoms with Gasteiger partial charge >= 0.3 is 0 Å². The quantitative estimate of drug-likeness (QED) is 0.695. The fourth-order valence-electron chi connectivity index (χ4n) is 1.87. The number of nitrogens with one attached hydrogen (secondary N) is 1. The SMILES string of the molecule is CCC(CC)N(C)C(=O)CNCC1CC1. The molecule has 1 aliphatic carbocycles. The molecule has 1 aliphatic rings. The summed E-state index contributed by atoms with van der Waals surface area (Å²) in [7, 11) is 1.92. The first-order valence-corrected chi connectivity index (χ1v) is 6.15. The number of hydrogen-bond donors (Lipinski definition) is 1. The fraction of sp³-hybridized carbons (Fsp3) is 0.917. The van der Waals surface area contributed by atoms with Gasteiger partial charge in [-0.05, 0) is 38.1 Å². The Morgan fingerprint density at radius 3 is 2.47 bits per heavy atom. The molecule has 0 aliphatic heterocycles. The van der Waals surface area contributed by atoms with Crippen LogP contribution < -0.4 is 5.32 Å². The molecule has 0 saturated heterocycles. The van der Waals surface area contributed by atoms with Crippen molar-refractivity contribution in [2.45, 2.75) is 45.6 Å². The van der Waals surface area contributed by atoms with Crippen molar-refractivity contribution in [1.29, 1.82) is 0 Å². The Hall–Kier alpha value is -0.570. The molecule has 0 heterocycles. The number of amides is 1. The minimum Gasteiger partial charge on any atom is -0.342 e. The van der Waals surface area contributed by atoms with Gasteiger partial charge in [-0.2, -0.15) is 0 Å². The zero-order valence-corrected chi connectivity index (χ0v) is 10.3. The Morgan fingerprint density at radius 1 is 1.40 bits per heavy atom. The van der Waals surface area contributed by atoms with Gasteiger partial charge in [-0.15, -0.1) is 0 Å². The average Bonchev–Trinajstić information content (AvgIpc) is 3.03. The van der Waals surface area contributed by atoms with Gasteiger partial charge < -0.3 is 10.2 Å². The Labute approximate surface area is 93.2 Å². The van der Waals surface area contributed by atoms with E-state index in [1.165, 1.54) is 12.8 Å². The normalized spacial score (nSPS) is 15.7. The zero-order chi connectivity index (χ0) is 11.3. The molecule has 88 valence electrons. The lowest BCUT2D eigenvalue weighted by molar-refractivity contribution is -0.131. The largest absolute Gasteiger partial charge is 0.342 e. The van der Waals surface area contributed by atoms with E-state index >= 15 is 0 Å². The lowest BCUT2D eigenvalue weighted by atomic mass is 10.1. The third-order valence-corrected chi connectivity index (χ3v) is 3.29. The fourth-order valence-corrected chi connectivity index (χ4v) is 1.87. The number of likely N-dealkylation sites (N-methyl/N-ethyl adjacent to an activating group) is 1. The molecule has 0 aromatic rings. The van der Waals surface area contributed by atoms with E-state index in [1.807, 2.05) is 11.9 Å². The third-order valence-electron chi connectivity index (χ3n) is 3.29. The van der Waals surface area contributed by atoms with E-state index in [0.717, 1.165) is 25.3 Å². The second-order valence-corrected chi connectivity index (χ2v) is 4.55. The summed E-state index contributed by atoms with van der Waals surface area (Å²) in [5, 5.41) is 3.24. The number of rotatable bonds is 7. The topological polar surface area (TPSA) is 32.3 Å². The molecule has 0 aromatic heterocycles. The van der Waals surface area contributed by atoms with Crippen LogP contribution in [0.3, 0.4) is 0 Å². The smallest absolute Gasteiger partial charge is 0.236 e. The molecule has 3 nitrogen and oxygen atoms in total. The Bertz CT molecular complexity index is 198. The first-order chi connectivity index (χ1) is 7.19. The zero-order valence-electron chi connectivity index (χ0n) is 10.3. The monoisotopic (exact) mass is 212 g/mol. The van der Waals surface area contributed by atoms with E-state index in [1.54, 1.807) is 0 Å². The molecule has 1 fully saturated rings. The van der Waals surface area contributed by atoms with Crippen LogP contribution in [0.5, 0.6) is 0 Å². The minimum atomic E-state index is 0.226. The number of nitrogens with zero attached hydrogens (tertiary/aromatic N) is 1.